The summed E-state index contributed by atoms with van der Waals surface area (Å²) in [7, 11) is 0. The van der Waals surface area contributed by atoms with Crippen LogP contribution in [0.4, 0.5) is 0 Å². The molecule has 0 aromatic heterocycles. The average Bonchev–Trinajstić information content (AvgIpc) is 2.63. The molecule has 3 N–H and O–H groups in total. The van der Waals surface area contributed by atoms with Crippen LogP contribution in [0.5, 0.6) is 0 Å². The maximum atomic E-state index is 11.8. The number of hydrogen-bond donors (Lipinski definition) is 3. The number of carboxylic acids is 1. The van der Waals surface area contributed by atoms with Crippen molar-refractivity contribution in [2.24, 2.45) is 17.8 Å². The van der Waals surface area contributed by atoms with Gasteiger partial charge in [0.15, 0.2) is 0 Å². The predicted octanol–water partition coefficient (Wildman–Crippen LogP) is 0.457. The number of carbonyl (C=O) groups excluding carboxylic acids is 1. The first-order valence-corrected chi connectivity index (χ1v) is 6.17. The number of nitrogens with one attached hydrogen (secondary N) is 2. The second kappa shape index (κ2) is 6.00. The first-order valence-electron chi connectivity index (χ1n) is 6.17. The van der Waals surface area contributed by atoms with Gasteiger partial charge in [-0.3, -0.25) is 9.59 Å². The summed E-state index contributed by atoms with van der Waals surface area (Å²) in [4.78, 5) is 22.8. The Hall–Kier alpha value is -1.10. The Morgan fingerprint density at radius 3 is 2.53 bits per heavy atom. The van der Waals surface area contributed by atoms with Gasteiger partial charge in [0.2, 0.25) is 5.91 Å². The third kappa shape index (κ3) is 3.70. The van der Waals surface area contributed by atoms with Crippen molar-refractivity contribution in [3.05, 3.63) is 0 Å². The Labute approximate surface area is 102 Å². The fourth-order valence-electron chi connectivity index (χ4n) is 2.11. The van der Waals surface area contributed by atoms with Crippen LogP contribution < -0.4 is 10.6 Å². The predicted molar refractivity (Wildman–Crippen MR) is 64.5 cm³/mol. The molecular weight excluding hydrogens is 220 g/mol. The standard InChI is InChI=1S/C12H22N2O3/c1-7(2)9(12(16)17)6-14-11(15)10-8(3)4-5-13-10/h7-10,13H,4-6H2,1-3H3,(H,14,15)(H,16,17). The molecule has 1 heterocycles. The van der Waals surface area contributed by atoms with Gasteiger partial charge in [0.1, 0.15) is 0 Å². The van der Waals surface area contributed by atoms with Crippen LogP contribution in [0.1, 0.15) is 27.2 Å². The molecule has 1 saturated heterocycles. The van der Waals surface area contributed by atoms with Crippen LogP contribution in [-0.4, -0.2) is 36.1 Å². The number of carboxylic acid groups (broad SMARTS) is 1. The summed E-state index contributed by atoms with van der Waals surface area (Å²) in [5.41, 5.74) is 0. The van der Waals surface area contributed by atoms with Crippen LogP contribution in [0.25, 0.3) is 0 Å². The van der Waals surface area contributed by atoms with Gasteiger partial charge in [-0.2, -0.15) is 0 Å². The third-order valence-corrected chi connectivity index (χ3v) is 3.43. The second-order valence-electron chi connectivity index (χ2n) is 5.13. The summed E-state index contributed by atoms with van der Waals surface area (Å²) < 4.78 is 0. The molecule has 0 radical (unpaired) electrons. The molecule has 0 saturated carbocycles. The highest BCUT2D eigenvalue weighted by Crippen LogP contribution is 2.15. The fourth-order valence-corrected chi connectivity index (χ4v) is 2.11. The molecule has 0 aliphatic carbocycles. The summed E-state index contributed by atoms with van der Waals surface area (Å²) in [6.07, 6.45) is 0.991. The van der Waals surface area contributed by atoms with E-state index in [-0.39, 0.29) is 24.4 Å². The highest BCUT2D eigenvalue weighted by atomic mass is 16.4. The second-order valence-corrected chi connectivity index (χ2v) is 5.13. The van der Waals surface area contributed by atoms with Crippen LogP contribution >= 0.6 is 0 Å². The lowest BCUT2D eigenvalue weighted by Crippen LogP contribution is -2.46. The van der Waals surface area contributed by atoms with Crippen molar-refractivity contribution < 1.29 is 14.7 Å². The van der Waals surface area contributed by atoms with Crippen molar-refractivity contribution in [3.8, 4) is 0 Å². The van der Waals surface area contributed by atoms with Crippen molar-refractivity contribution in [2.75, 3.05) is 13.1 Å². The van der Waals surface area contributed by atoms with Gasteiger partial charge < -0.3 is 15.7 Å². The zero-order chi connectivity index (χ0) is 13.0. The largest absolute Gasteiger partial charge is 0.481 e. The number of rotatable bonds is 5. The van der Waals surface area contributed by atoms with Gasteiger partial charge in [-0.15, -0.1) is 0 Å². The zero-order valence-corrected chi connectivity index (χ0v) is 10.7. The first kappa shape index (κ1) is 14.0. The molecule has 1 amide bonds. The molecule has 1 aliphatic rings. The van der Waals surface area contributed by atoms with E-state index in [0.717, 1.165) is 13.0 Å². The molecular formula is C12H22N2O3. The van der Waals surface area contributed by atoms with E-state index >= 15 is 0 Å². The molecule has 3 atom stereocenters. The topological polar surface area (TPSA) is 78.4 Å². The lowest BCUT2D eigenvalue weighted by Gasteiger charge is -2.20. The highest BCUT2D eigenvalue weighted by molar-refractivity contribution is 5.83. The maximum Gasteiger partial charge on any atom is 0.308 e. The van der Waals surface area contributed by atoms with Crippen LogP contribution in [0.15, 0.2) is 0 Å². The molecule has 3 unspecified atom stereocenters. The number of aliphatic carboxylic acids is 1. The molecule has 5 nitrogen and oxygen atoms in total. The van der Waals surface area contributed by atoms with Crippen LogP contribution in [0.2, 0.25) is 0 Å². The Bertz CT molecular complexity index is 291. The quantitative estimate of drug-likeness (QED) is 0.654. The smallest absolute Gasteiger partial charge is 0.308 e. The molecule has 1 aliphatic heterocycles. The summed E-state index contributed by atoms with van der Waals surface area (Å²) in [5.74, 6) is -1.12. The normalized spacial score (nSPS) is 25.9. The van der Waals surface area contributed by atoms with Crippen LogP contribution in [-0.2, 0) is 9.59 Å². The zero-order valence-electron chi connectivity index (χ0n) is 10.7. The van der Waals surface area contributed by atoms with Gasteiger partial charge in [0, 0.05) is 6.54 Å². The van der Waals surface area contributed by atoms with Gasteiger partial charge in [-0.05, 0) is 24.8 Å². The van der Waals surface area contributed by atoms with E-state index in [1.165, 1.54) is 0 Å². The lowest BCUT2D eigenvalue weighted by atomic mass is 9.95. The van der Waals surface area contributed by atoms with Gasteiger partial charge in [-0.25, -0.2) is 0 Å². The molecule has 0 spiro atoms. The van der Waals surface area contributed by atoms with Gasteiger partial charge >= 0.3 is 5.97 Å². The number of hydrogen-bond acceptors (Lipinski definition) is 3. The molecule has 0 aromatic carbocycles. The molecule has 1 rings (SSSR count). The minimum atomic E-state index is -0.854. The lowest BCUT2D eigenvalue weighted by molar-refractivity contribution is -0.143. The minimum Gasteiger partial charge on any atom is -0.481 e. The minimum absolute atomic E-state index is 0.0155. The van der Waals surface area contributed by atoms with Gasteiger partial charge in [-0.1, -0.05) is 20.8 Å². The van der Waals surface area contributed by atoms with Crippen LogP contribution in [0, 0.1) is 17.8 Å². The number of carbonyl (C=O) groups is 2. The molecule has 0 aromatic rings. The van der Waals surface area contributed by atoms with E-state index in [2.05, 4.69) is 10.6 Å². The van der Waals surface area contributed by atoms with E-state index < -0.39 is 11.9 Å². The van der Waals surface area contributed by atoms with Crippen molar-refractivity contribution in [3.63, 3.8) is 0 Å². The highest BCUT2D eigenvalue weighted by Gasteiger charge is 2.30. The van der Waals surface area contributed by atoms with E-state index in [1.807, 2.05) is 20.8 Å². The SMILES string of the molecule is CC(C)C(CNC(=O)C1NCCC1C)C(=O)O. The van der Waals surface area contributed by atoms with E-state index in [1.54, 1.807) is 0 Å². The average molecular weight is 242 g/mol. The molecule has 17 heavy (non-hydrogen) atoms. The molecule has 0 bridgehead atoms. The summed E-state index contributed by atoms with van der Waals surface area (Å²) >= 11 is 0. The number of amides is 1. The van der Waals surface area contributed by atoms with Crippen molar-refractivity contribution >= 4 is 11.9 Å². The van der Waals surface area contributed by atoms with E-state index in [4.69, 9.17) is 5.11 Å². The molecule has 1 fully saturated rings. The maximum absolute atomic E-state index is 11.8. The van der Waals surface area contributed by atoms with Crippen molar-refractivity contribution in [2.45, 2.75) is 33.2 Å². The van der Waals surface area contributed by atoms with E-state index in [0.29, 0.717) is 5.92 Å². The Balaban J connectivity index is 2.43. The Kier molecular flexibility index (Phi) is 4.93. The monoisotopic (exact) mass is 242 g/mol. The first-order chi connectivity index (χ1) is 7.93. The third-order valence-electron chi connectivity index (χ3n) is 3.43. The van der Waals surface area contributed by atoms with E-state index in [9.17, 15) is 9.59 Å². The molecule has 98 valence electrons. The van der Waals surface area contributed by atoms with Crippen LogP contribution in [0.3, 0.4) is 0 Å². The van der Waals surface area contributed by atoms with Gasteiger partial charge in [0.05, 0.1) is 12.0 Å². The Morgan fingerprint density at radius 1 is 1.47 bits per heavy atom. The fraction of sp³-hybridized carbons (Fsp3) is 0.833. The summed E-state index contributed by atoms with van der Waals surface area (Å²) in [5, 5.41) is 14.9. The van der Waals surface area contributed by atoms with Crippen molar-refractivity contribution in [1.29, 1.82) is 0 Å². The van der Waals surface area contributed by atoms with Gasteiger partial charge in [0.25, 0.3) is 0 Å². The van der Waals surface area contributed by atoms with Crippen molar-refractivity contribution in [1.82, 2.24) is 10.6 Å². The molecule has 5 heteroatoms. The Morgan fingerprint density at radius 2 is 2.12 bits per heavy atom. The summed E-state index contributed by atoms with van der Waals surface area (Å²) in [6, 6.07) is -0.170. The summed E-state index contributed by atoms with van der Waals surface area (Å²) in [6.45, 7) is 6.78.